The first kappa shape index (κ1) is 16.2. The second kappa shape index (κ2) is 6.03. The van der Waals surface area contributed by atoms with Gasteiger partial charge in [-0.05, 0) is 29.8 Å². The second-order valence-electron chi connectivity index (χ2n) is 7.23. The molecule has 1 aromatic carbocycles. The van der Waals surface area contributed by atoms with Crippen LogP contribution in [0.1, 0.15) is 5.56 Å². The maximum atomic E-state index is 13.2. The molecule has 0 radical (unpaired) electrons. The zero-order chi connectivity index (χ0) is 18.4. The van der Waals surface area contributed by atoms with Crippen LogP contribution in [-0.2, 0) is 20.9 Å². The number of aromatic nitrogens is 1. The summed E-state index contributed by atoms with van der Waals surface area (Å²) in [4.78, 5) is 31.8. The summed E-state index contributed by atoms with van der Waals surface area (Å²) in [5.74, 6) is -1.17. The van der Waals surface area contributed by atoms with Crippen molar-refractivity contribution in [1.82, 2.24) is 10.3 Å². The molecule has 6 heteroatoms. The van der Waals surface area contributed by atoms with Crippen molar-refractivity contribution in [2.24, 2.45) is 11.8 Å². The number of rotatable bonds is 4. The summed E-state index contributed by atoms with van der Waals surface area (Å²) in [7, 11) is 0. The molecule has 2 bridgehead atoms. The molecule has 2 aromatic rings. The van der Waals surface area contributed by atoms with Crippen LogP contribution in [-0.4, -0.2) is 35.0 Å². The molecule has 4 atom stereocenters. The van der Waals surface area contributed by atoms with E-state index >= 15 is 0 Å². The molecule has 2 saturated heterocycles. The predicted octanol–water partition coefficient (Wildman–Crippen LogP) is 1.68. The number of nitrogens with zero attached hydrogens (tertiary/aromatic N) is 2. The molecule has 2 fully saturated rings. The van der Waals surface area contributed by atoms with E-state index in [0.29, 0.717) is 13.1 Å². The van der Waals surface area contributed by atoms with Gasteiger partial charge in [0.05, 0.1) is 24.5 Å². The van der Waals surface area contributed by atoms with Crippen LogP contribution in [0.2, 0.25) is 0 Å². The van der Waals surface area contributed by atoms with Crippen molar-refractivity contribution < 1.29 is 14.3 Å². The highest BCUT2D eigenvalue weighted by atomic mass is 16.5. The number of amides is 2. The van der Waals surface area contributed by atoms with Gasteiger partial charge in [-0.1, -0.05) is 30.4 Å². The first-order valence-corrected chi connectivity index (χ1v) is 9.08. The van der Waals surface area contributed by atoms with E-state index in [1.165, 1.54) is 0 Å². The van der Waals surface area contributed by atoms with Crippen molar-refractivity contribution in [3.8, 4) is 0 Å². The van der Waals surface area contributed by atoms with E-state index < -0.39 is 17.4 Å². The number of hydrogen-bond acceptors (Lipinski definition) is 4. The Morgan fingerprint density at radius 1 is 1.22 bits per heavy atom. The van der Waals surface area contributed by atoms with Crippen molar-refractivity contribution in [1.29, 1.82) is 0 Å². The van der Waals surface area contributed by atoms with Crippen molar-refractivity contribution in [2.75, 3.05) is 11.4 Å². The number of ether oxygens (including phenoxy) is 1. The fourth-order valence-electron chi connectivity index (χ4n) is 4.43. The number of benzene rings is 1. The van der Waals surface area contributed by atoms with Gasteiger partial charge in [0.15, 0.2) is 0 Å². The largest absolute Gasteiger partial charge is 0.360 e. The molecule has 6 nitrogen and oxygen atoms in total. The van der Waals surface area contributed by atoms with E-state index in [-0.39, 0.29) is 17.9 Å². The Hall–Kier alpha value is -2.99. The summed E-state index contributed by atoms with van der Waals surface area (Å²) in [6.07, 6.45) is 6.94. The van der Waals surface area contributed by atoms with E-state index in [2.05, 4.69) is 10.3 Å². The van der Waals surface area contributed by atoms with Gasteiger partial charge in [0, 0.05) is 24.6 Å². The average molecular weight is 361 g/mol. The normalized spacial score (nSPS) is 30.6. The number of pyridine rings is 1. The molecule has 136 valence electrons. The van der Waals surface area contributed by atoms with Crippen LogP contribution in [0, 0.1) is 11.8 Å². The molecule has 1 aromatic heterocycles. The molecule has 0 saturated carbocycles. The van der Waals surface area contributed by atoms with Crippen LogP contribution >= 0.6 is 0 Å². The van der Waals surface area contributed by atoms with Crippen LogP contribution < -0.4 is 10.2 Å². The van der Waals surface area contributed by atoms with Gasteiger partial charge >= 0.3 is 0 Å². The number of carbonyl (C=O) groups is 2. The van der Waals surface area contributed by atoms with Gasteiger partial charge in [-0.15, -0.1) is 0 Å². The summed E-state index contributed by atoms with van der Waals surface area (Å²) < 4.78 is 6.15. The van der Waals surface area contributed by atoms with E-state index in [1.54, 1.807) is 17.3 Å². The van der Waals surface area contributed by atoms with Crippen LogP contribution in [0.15, 0.2) is 67.0 Å². The molecule has 3 aliphatic heterocycles. The van der Waals surface area contributed by atoms with Gasteiger partial charge in [0.25, 0.3) is 0 Å². The Balaban J connectivity index is 1.38. The van der Waals surface area contributed by atoms with Crippen LogP contribution in [0.3, 0.4) is 0 Å². The van der Waals surface area contributed by atoms with Gasteiger partial charge in [-0.2, -0.15) is 0 Å². The van der Waals surface area contributed by atoms with Crippen LogP contribution in [0.4, 0.5) is 5.69 Å². The topological polar surface area (TPSA) is 71.5 Å². The Kier molecular flexibility index (Phi) is 3.62. The number of fused-ring (bicyclic) bond motifs is 1. The first-order valence-electron chi connectivity index (χ1n) is 9.08. The lowest BCUT2D eigenvalue weighted by molar-refractivity contribution is -0.132. The number of carbonyl (C=O) groups excluding carboxylic acids is 2. The Labute approximate surface area is 156 Å². The molecule has 3 aliphatic rings. The van der Waals surface area contributed by atoms with Crippen molar-refractivity contribution in [2.45, 2.75) is 18.2 Å². The lowest BCUT2D eigenvalue weighted by atomic mass is 9.77. The highest BCUT2D eigenvalue weighted by molar-refractivity contribution is 6.03. The second-order valence-corrected chi connectivity index (χ2v) is 7.23. The zero-order valence-corrected chi connectivity index (χ0v) is 14.6. The third-order valence-corrected chi connectivity index (χ3v) is 5.69. The number of anilines is 1. The van der Waals surface area contributed by atoms with Crippen molar-refractivity contribution in [3.05, 3.63) is 72.6 Å². The van der Waals surface area contributed by atoms with E-state index in [4.69, 9.17) is 4.74 Å². The number of nitrogens with one attached hydrogen (secondary N) is 1. The highest BCUT2D eigenvalue weighted by Gasteiger charge is 2.66. The van der Waals surface area contributed by atoms with Gasteiger partial charge < -0.3 is 15.0 Å². The fraction of sp³-hybridized carbons (Fsp3) is 0.286. The Morgan fingerprint density at radius 3 is 2.78 bits per heavy atom. The maximum Gasteiger partial charge on any atom is 0.234 e. The van der Waals surface area contributed by atoms with Crippen molar-refractivity contribution >= 4 is 17.5 Å². The number of para-hydroxylation sites is 1. The van der Waals surface area contributed by atoms with Crippen LogP contribution in [0.25, 0.3) is 0 Å². The standard InChI is InChI=1S/C21H19N3O3/c25-19(23-12-14-7-10-22-11-8-14)17-16-6-9-21(27-16)13-24(20(26)18(17)21)15-4-2-1-3-5-15/h1-11,16-18H,12-13H2,(H,23,25)/t16-,17+,18-,21-/m1/s1. The number of hydrogen-bond donors (Lipinski definition) is 1. The molecule has 1 N–H and O–H groups in total. The molecule has 0 unspecified atom stereocenters. The summed E-state index contributed by atoms with van der Waals surface area (Å²) in [5.41, 5.74) is 1.11. The van der Waals surface area contributed by atoms with Crippen molar-refractivity contribution in [3.63, 3.8) is 0 Å². The quantitative estimate of drug-likeness (QED) is 0.841. The van der Waals surface area contributed by atoms with Crippen LogP contribution in [0.5, 0.6) is 0 Å². The van der Waals surface area contributed by atoms with Gasteiger partial charge in [0.2, 0.25) is 11.8 Å². The Morgan fingerprint density at radius 2 is 2.00 bits per heavy atom. The minimum absolute atomic E-state index is 0.0443. The lowest BCUT2D eigenvalue weighted by Crippen LogP contribution is -2.43. The van der Waals surface area contributed by atoms with E-state index in [9.17, 15) is 9.59 Å². The highest BCUT2D eigenvalue weighted by Crippen LogP contribution is 2.52. The molecule has 4 heterocycles. The molecular weight excluding hydrogens is 342 g/mol. The molecule has 1 spiro atoms. The average Bonchev–Trinajstić information content (AvgIpc) is 3.36. The SMILES string of the molecule is O=C(NCc1ccncc1)[C@H]1[C@H]2C=C[C@]3(CN(c4ccccc4)C(=O)[C@@H]13)O2. The predicted molar refractivity (Wildman–Crippen MR) is 98.6 cm³/mol. The molecule has 0 aliphatic carbocycles. The molecule has 5 rings (SSSR count). The summed E-state index contributed by atoms with van der Waals surface area (Å²) in [5, 5.41) is 2.96. The molecule has 27 heavy (non-hydrogen) atoms. The Bertz CT molecular complexity index is 915. The zero-order valence-electron chi connectivity index (χ0n) is 14.6. The fourth-order valence-corrected chi connectivity index (χ4v) is 4.43. The third-order valence-electron chi connectivity index (χ3n) is 5.69. The lowest BCUT2D eigenvalue weighted by Gasteiger charge is -2.23. The monoisotopic (exact) mass is 361 g/mol. The van der Waals surface area contributed by atoms with Gasteiger partial charge in [-0.25, -0.2) is 0 Å². The summed E-state index contributed by atoms with van der Waals surface area (Å²) in [6, 6.07) is 13.3. The molecular formula is C21H19N3O3. The summed E-state index contributed by atoms with van der Waals surface area (Å²) in [6.45, 7) is 0.853. The molecule has 2 amide bonds. The van der Waals surface area contributed by atoms with Gasteiger partial charge in [-0.3, -0.25) is 14.6 Å². The maximum absolute atomic E-state index is 13.2. The van der Waals surface area contributed by atoms with E-state index in [0.717, 1.165) is 11.3 Å². The smallest absolute Gasteiger partial charge is 0.234 e. The van der Waals surface area contributed by atoms with E-state index in [1.807, 2.05) is 54.6 Å². The minimum Gasteiger partial charge on any atom is -0.360 e. The first-order chi connectivity index (χ1) is 13.2. The summed E-state index contributed by atoms with van der Waals surface area (Å²) >= 11 is 0. The minimum atomic E-state index is -0.698. The van der Waals surface area contributed by atoms with Gasteiger partial charge in [0.1, 0.15) is 5.60 Å². The third kappa shape index (κ3) is 2.48.